The Morgan fingerprint density at radius 3 is 2.53 bits per heavy atom. The summed E-state index contributed by atoms with van der Waals surface area (Å²) in [6, 6.07) is 9.69. The first kappa shape index (κ1) is 13.6. The van der Waals surface area contributed by atoms with Crippen LogP contribution in [0.1, 0.15) is 29.8 Å². The third-order valence-corrected chi connectivity index (χ3v) is 3.89. The Kier molecular flexibility index (Phi) is 3.87. The van der Waals surface area contributed by atoms with Crippen LogP contribution in [0.3, 0.4) is 0 Å². The van der Waals surface area contributed by atoms with Crippen molar-refractivity contribution in [1.29, 1.82) is 5.26 Å². The van der Waals surface area contributed by atoms with Gasteiger partial charge in [-0.1, -0.05) is 6.07 Å². The number of nitrogens with zero attached hydrogens (tertiary/aromatic N) is 3. The molecule has 1 aliphatic heterocycles. The lowest BCUT2D eigenvalue weighted by atomic mass is 10.1. The van der Waals surface area contributed by atoms with Crippen LogP contribution >= 0.6 is 0 Å². The van der Waals surface area contributed by atoms with Gasteiger partial charge in [0.25, 0.3) is 5.91 Å². The number of amides is 1. The molecule has 0 aliphatic carbocycles. The van der Waals surface area contributed by atoms with Crippen LogP contribution in [0.5, 0.6) is 0 Å². The Morgan fingerprint density at radius 2 is 1.95 bits per heavy atom. The molecule has 1 saturated heterocycles. The summed E-state index contributed by atoms with van der Waals surface area (Å²) >= 11 is 0. The zero-order chi connectivity index (χ0) is 14.0. The number of benzene rings is 1. The number of carbonyl (C=O) groups is 1. The molecule has 2 rings (SSSR count). The lowest BCUT2D eigenvalue weighted by Gasteiger charge is -2.42. The maximum Gasteiger partial charge on any atom is 0.254 e. The summed E-state index contributed by atoms with van der Waals surface area (Å²) in [5.74, 6) is 0.0175. The summed E-state index contributed by atoms with van der Waals surface area (Å²) in [6.45, 7) is 5.72. The number of nitriles is 1. The highest BCUT2D eigenvalue weighted by molar-refractivity contribution is 5.94. The molecule has 1 aromatic rings. The molecule has 4 nitrogen and oxygen atoms in total. The topological polar surface area (TPSA) is 47.3 Å². The molecule has 2 unspecified atom stereocenters. The van der Waals surface area contributed by atoms with Gasteiger partial charge in [0, 0.05) is 30.7 Å². The predicted octanol–water partition coefficient (Wildman–Crippen LogP) is 1.72. The highest BCUT2D eigenvalue weighted by Gasteiger charge is 2.29. The molecule has 1 heterocycles. The molecule has 0 spiro atoms. The second-order valence-electron chi connectivity index (χ2n) is 5.27. The maximum absolute atomic E-state index is 12.5. The minimum absolute atomic E-state index is 0.0175. The van der Waals surface area contributed by atoms with Crippen LogP contribution in [0.2, 0.25) is 0 Å². The average molecular weight is 257 g/mol. The van der Waals surface area contributed by atoms with Crippen molar-refractivity contribution in [3.05, 3.63) is 35.4 Å². The summed E-state index contributed by atoms with van der Waals surface area (Å²) in [5, 5.41) is 8.89. The van der Waals surface area contributed by atoms with Crippen LogP contribution in [0, 0.1) is 11.3 Å². The minimum Gasteiger partial charge on any atom is -0.336 e. The zero-order valence-electron chi connectivity index (χ0n) is 11.6. The molecule has 0 bridgehead atoms. The summed E-state index contributed by atoms with van der Waals surface area (Å²) in [7, 11) is 2.09. The van der Waals surface area contributed by atoms with E-state index >= 15 is 0 Å². The zero-order valence-corrected chi connectivity index (χ0v) is 11.6. The van der Waals surface area contributed by atoms with Crippen molar-refractivity contribution in [2.45, 2.75) is 25.9 Å². The minimum atomic E-state index is 0.0175. The van der Waals surface area contributed by atoms with Crippen LogP contribution in [0.4, 0.5) is 0 Å². The summed E-state index contributed by atoms with van der Waals surface area (Å²) in [5.41, 5.74) is 1.13. The van der Waals surface area contributed by atoms with Crippen molar-refractivity contribution in [3.63, 3.8) is 0 Å². The molecule has 0 radical (unpaired) electrons. The van der Waals surface area contributed by atoms with E-state index in [2.05, 4.69) is 31.9 Å². The fourth-order valence-electron chi connectivity index (χ4n) is 2.47. The van der Waals surface area contributed by atoms with E-state index in [1.54, 1.807) is 24.3 Å². The van der Waals surface area contributed by atoms with Crippen molar-refractivity contribution >= 4 is 5.91 Å². The van der Waals surface area contributed by atoms with Crippen LogP contribution in [-0.4, -0.2) is 47.9 Å². The van der Waals surface area contributed by atoms with E-state index in [0.717, 1.165) is 13.1 Å². The van der Waals surface area contributed by atoms with E-state index in [9.17, 15) is 4.79 Å². The monoisotopic (exact) mass is 257 g/mol. The normalized spacial score (nSPS) is 24.0. The fourth-order valence-corrected chi connectivity index (χ4v) is 2.47. The molecule has 4 heteroatoms. The molecular formula is C15H19N3O. The molecule has 19 heavy (non-hydrogen) atoms. The Hall–Kier alpha value is -1.86. The average Bonchev–Trinajstić information content (AvgIpc) is 2.43. The Balaban J connectivity index is 2.18. The second-order valence-corrected chi connectivity index (χ2v) is 5.27. The number of likely N-dealkylation sites (N-methyl/N-ethyl adjacent to an activating group) is 1. The van der Waals surface area contributed by atoms with Crippen molar-refractivity contribution in [3.8, 4) is 6.07 Å². The van der Waals surface area contributed by atoms with Crippen LogP contribution in [-0.2, 0) is 0 Å². The molecule has 2 atom stereocenters. The SMILES string of the molecule is CC1CN(C(=O)c2cccc(C#N)c2)CC(C)N1C. The number of hydrogen-bond acceptors (Lipinski definition) is 3. The van der Waals surface area contributed by atoms with Crippen LogP contribution in [0.25, 0.3) is 0 Å². The van der Waals surface area contributed by atoms with E-state index in [1.807, 2.05) is 4.90 Å². The Bertz CT molecular complexity index is 508. The summed E-state index contributed by atoms with van der Waals surface area (Å²) in [4.78, 5) is 16.6. The fraction of sp³-hybridized carbons (Fsp3) is 0.467. The van der Waals surface area contributed by atoms with Gasteiger partial charge in [0.15, 0.2) is 0 Å². The number of hydrogen-bond donors (Lipinski definition) is 0. The van der Waals surface area contributed by atoms with Crippen molar-refractivity contribution in [1.82, 2.24) is 9.80 Å². The van der Waals surface area contributed by atoms with Gasteiger partial charge in [0.05, 0.1) is 11.6 Å². The number of carbonyl (C=O) groups excluding carboxylic acids is 1. The molecule has 0 saturated carbocycles. The van der Waals surface area contributed by atoms with E-state index in [0.29, 0.717) is 23.2 Å². The third kappa shape index (κ3) is 2.77. The second kappa shape index (κ2) is 5.41. The van der Waals surface area contributed by atoms with Crippen molar-refractivity contribution in [2.24, 2.45) is 0 Å². The Morgan fingerprint density at radius 1 is 1.32 bits per heavy atom. The predicted molar refractivity (Wildman–Crippen MR) is 73.7 cm³/mol. The van der Waals surface area contributed by atoms with Gasteiger partial charge in [-0.15, -0.1) is 0 Å². The Labute approximate surface area is 114 Å². The smallest absolute Gasteiger partial charge is 0.254 e. The van der Waals surface area contributed by atoms with E-state index < -0.39 is 0 Å². The third-order valence-electron chi connectivity index (χ3n) is 3.89. The molecule has 1 fully saturated rings. The molecule has 1 aliphatic rings. The first-order chi connectivity index (χ1) is 9.02. The molecule has 0 aromatic heterocycles. The maximum atomic E-state index is 12.5. The molecule has 1 amide bonds. The molecule has 1 aromatic carbocycles. The molecule has 0 N–H and O–H groups in total. The van der Waals surface area contributed by atoms with Crippen molar-refractivity contribution < 1.29 is 4.79 Å². The van der Waals surface area contributed by atoms with Gasteiger partial charge in [-0.25, -0.2) is 0 Å². The van der Waals surface area contributed by atoms with Gasteiger partial charge in [-0.3, -0.25) is 9.69 Å². The summed E-state index contributed by atoms with van der Waals surface area (Å²) < 4.78 is 0. The van der Waals surface area contributed by atoms with E-state index in [-0.39, 0.29) is 5.91 Å². The van der Waals surface area contributed by atoms with Crippen LogP contribution < -0.4 is 0 Å². The van der Waals surface area contributed by atoms with E-state index in [4.69, 9.17) is 5.26 Å². The first-order valence-corrected chi connectivity index (χ1v) is 6.54. The largest absolute Gasteiger partial charge is 0.336 e. The van der Waals surface area contributed by atoms with Gasteiger partial charge in [0.2, 0.25) is 0 Å². The number of piperazine rings is 1. The van der Waals surface area contributed by atoms with Crippen molar-refractivity contribution in [2.75, 3.05) is 20.1 Å². The summed E-state index contributed by atoms with van der Waals surface area (Å²) in [6.07, 6.45) is 0. The molecule has 100 valence electrons. The molecular weight excluding hydrogens is 238 g/mol. The van der Waals surface area contributed by atoms with Gasteiger partial charge in [-0.05, 0) is 39.1 Å². The lowest BCUT2D eigenvalue weighted by Crippen LogP contribution is -2.56. The van der Waals surface area contributed by atoms with Gasteiger partial charge in [0.1, 0.15) is 0 Å². The number of rotatable bonds is 1. The first-order valence-electron chi connectivity index (χ1n) is 6.54. The van der Waals surface area contributed by atoms with Gasteiger partial charge in [-0.2, -0.15) is 5.26 Å². The highest BCUT2D eigenvalue weighted by Crippen LogP contribution is 2.16. The lowest BCUT2D eigenvalue weighted by molar-refractivity contribution is 0.0414. The van der Waals surface area contributed by atoms with Gasteiger partial charge < -0.3 is 4.90 Å². The quantitative estimate of drug-likeness (QED) is 0.769. The van der Waals surface area contributed by atoms with Crippen LogP contribution in [0.15, 0.2) is 24.3 Å². The standard InChI is InChI=1S/C15H19N3O/c1-11-9-18(10-12(2)17(11)3)15(19)14-6-4-5-13(7-14)8-16/h4-7,11-12H,9-10H2,1-3H3. The van der Waals surface area contributed by atoms with Gasteiger partial charge >= 0.3 is 0 Å². The van der Waals surface area contributed by atoms with E-state index in [1.165, 1.54) is 0 Å². The highest BCUT2D eigenvalue weighted by atomic mass is 16.2.